The molecule has 1 N–H and O–H groups in total. The Kier molecular flexibility index (Phi) is 14.1. The van der Waals surface area contributed by atoms with Crippen molar-refractivity contribution < 1.29 is 14.3 Å². The van der Waals surface area contributed by atoms with E-state index in [1.54, 1.807) is 7.11 Å². The Morgan fingerprint density at radius 1 is 1.32 bits per heavy atom. The number of carbonyl (C=O) groups is 2. The van der Waals surface area contributed by atoms with Crippen molar-refractivity contribution in [1.82, 2.24) is 10.2 Å². The second kappa shape index (κ2) is 16.4. The van der Waals surface area contributed by atoms with Crippen molar-refractivity contribution in [3.05, 3.63) is 42.5 Å². The highest BCUT2D eigenvalue weighted by molar-refractivity contribution is 6.29. The predicted octanol–water partition coefficient (Wildman–Crippen LogP) is 3.81. The maximum absolute atomic E-state index is 12.5. The maximum Gasteiger partial charge on any atom is 0.166 e. The van der Waals surface area contributed by atoms with Gasteiger partial charge in [0.05, 0.1) is 18.4 Å². The minimum Gasteiger partial charge on any atom is -0.496 e. The molecule has 1 unspecified atom stereocenters. The predicted molar refractivity (Wildman–Crippen MR) is 129 cm³/mol. The Morgan fingerprint density at radius 3 is 2.71 bits per heavy atom. The van der Waals surface area contributed by atoms with Crippen LogP contribution >= 0.6 is 0 Å². The lowest BCUT2D eigenvalue weighted by Gasteiger charge is -2.19. The summed E-state index contributed by atoms with van der Waals surface area (Å²) >= 11 is 0. The Balaban J connectivity index is 0.000000861. The van der Waals surface area contributed by atoms with Crippen molar-refractivity contribution in [1.29, 1.82) is 0 Å². The van der Waals surface area contributed by atoms with Crippen molar-refractivity contribution in [3.63, 3.8) is 0 Å². The van der Waals surface area contributed by atoms with Crippen molar-refractivity contribution in [2.24, 2.45) is 10.9 Å². The molecule has 0 radical (unpaired) electrons. The van der Waals surface area contributed by atoms with Crippen molar-refractivity contribution in [3.8, 4) is 5.75 Å². The van der Waals surface area contributed by atoms with Gasteiger partial charge in [-0.25, -0.2) is 0 Å². The highest BCUT2D eigenvalue weighted by atomic mass is 16.5. The number of aliphatic imine (C=N–C) groups is 1. The van der Waals surface area contributed by atoms with Gasteiger partial charge in [-0.3, -0.25) is 19.5 Å². The number of para-hydroxylation sites is 1. The fraction of sp³-hybridized carbons (Fsp3) is 0.560. The molecule has 172 valence electrons. The van der Waals surface area contributed by atoms with Crippen LogP contribution in [0.2, 0.25) is 0 Å². The summed E-state index contributed by atoms with van der Waals surface area (Å²) in [5.41, 5.74) is 1.31. The van der Waals surface area contributed by atoms with E-state index in [-0.39, 0.29) is 5.78 Å². The van der Waals surface area contributed by atoms with Crippen molar-refractivity contribution in [2.45, 2.75) is 39.0 Å². The first-order valence-electron chi connectivity index (χ1n) is 11.2. The van der Waals surface area contributed by atoms with Crippen molar-refractivity contribution >= 4 is 17.8 Å². The summed E-state index contributed by atoms with van der Waals surface area (Å²) in [5, 5.41) is 2.90. The van der Waals surface area contributed by atoms with E-state index in [1.807, 2.05) is 44.3 Å². The number of carbonyl (C=O) groups excluding carboxylic acids is 2. The van der Waals surface area contributed by atoms with Crippen LogP contribution < -0.4 is 10.1 Å². The average molecular weight is 430 g/mol. The molecule has 6 heteroatoms. The van der Waals surface area contributed by atoms with Crippen LogP contribution in [0.5, 0.6) is 5.75 Å². The average Bonchev–Trinajstić information content (AvgIpc) is 3.03. The third kappa shape index (κ3) is 10.5. The minimum absolute atomic E-state index is 0.155. The van der Waals surface area contributed by atoms with Gasteiger partial charge in [0.25, 0.3) is 0 Å². The zero-order chi connectivity index (χ0) is 22.9. The summed E-state index contributed by atoms with van der Waals surface area (Å²) in [4.78, 5) is 30.2. The van der Waals surface area contributed by atoms with Crippen LogP contribution in [0.4, 0.5) is 0 Å². The van der Waals surface area contributed by atoms with Gasteiger partial charge in [0.1, 0.15) is 5.75 Å². The van der Waals surface area contributed by atoms with Crippen LogP contribution in [0, 0.1) is 5.92 Å². The van der Waals surface area contributed by atoms with Gasteiger partial charge < -0.3 is 10.1 Å². The van der Waals surface area contributed by atoms with Crippen LogP contribution in [0.3, 0.4) is 0 Å². The van der Waals surface area contributed by atoms with E-state index in [1.165, 1.54) is 0 Å². The second-order valence-electron chi connectivity index (χ2n) is 7.67. The lowest BCUT2D eigenvalue weighted by molar-refractivity contribution is -0.102. The molecule has 1 aliphatic heterocycles. The molecule has 0 spiro atoms. The molecule has 0 bridgehead atoms. The monoisotopic (exact) mass is 429 g/mol. The van der Waals surface area contributed by atoms with E-state index >= 15 is 0 Å². The summed E-state index contributed by atoms with van der Waals surface area (Å²) in [6.45, 7) is 9.58. The number of hydrogen-bond donors (Lipinski definition) is 1. The van der Waals surface area contributed by atoms with Gasteiger partial charge in [0.2, 0.25) is 0 Å². The van der Waals surface area contributed by atoms with Gasteiger partial charge >= 0.3 is 0 Å². The largest absolute Gasteiger partial charge is 0.496 e. The first-order chi connectivity index (χ1) is 15.1. The lowest BCUT2D eigenvalue weighted by atomic mass is 9.92. The summed E-state index contributed by atoms with van der Waals surface area (Å²) in [7, 11) is 3.49. The third-order valence-corrected chi connectivity index (χ3v) is 5.36. The molecule has 1 fully saturated rings. The number of hydrogen-bond acceptors (Lipinski definition) is 6. The van der Waals surface area contributed by atoms with Crippen LogP contribution in [0.15, 0.2) is 41.9 Å². The SMILES string of the molecule is C=CCNC.CCN=C(C=O)CN1CCCC(CCC(=O)c2ccccc2OC)CC1. The highest BCUT2D eigenvalue weighted by Crippen LogP contribution is 2.25. The molecule has 1 aliphatic rings. The molecule has 1 aromatic carbocycles. The quantitative estimate of drug-likeness (QED) is 0.251. The topological polar surface area (TPSA) is 71.0 Å². The molecule has 31 heavy (non-hydrogen) atoms. The number of Topliss-reactive ketones (excluding diaryl/α,β-unsaturated/α-hetero) is 1. The Hall–Kier alpha value is -2.31. The number of methoxy groups -OCH3 is 1. The van der Waals surface area contributed by atoms with Gasteiger partial charge in [-0.15, -0.1) is 6.58 Å². The minimum atomic E-state index is 0.155. The zero-order valence-electron chi connectivity index (χ0n) is 19.4. The van der Waals surface area contributed by atoms with E-state index in [4.69, 9.17) is 4.74 Å². The zero-order valence-corrected chi connectivity index (χ0v) is 19.4. The molecule has 0 aliphatic carbocycles. The lowest BCUT2D eigenvalue weighted by Crippen LogP contribution is -2.31. The van der Waals surface area contributed by atoms with Gasteiger partial charge in [0.15, 0.2) is 12.1 Å². The molecule has 2 rings (SSSR count). The van der Waals surface area contributed by atoms with Crippen LogP contribution in [-0.4, -0.2) is 69.6 Å². The van der Waals surface area contributed by atoms with E-state index in [0.29, 0.717) is 42.5 Å². The fourth-order valence-electron chi connectivity index (χ4n) is 3.72. The van der Waals surface area contributed by atoms with Crippen LogP contribution in [0.25, 0.3) is 0 Å². The normalized spacial score (nSPS) is 17.1. The molecule has 1 saturated heterocycles. The summed E-state index contributed by atoms with van der Waals surface area (Å²) < 4.78 is 5.29. The van der Waals surface area contributed by atoms with Crippen molar-refractivity contribution in [2.75, 3.05) is 46.9 Å². The van der Waals surface area contributed by atoms with Gasteiger partial charge in [-0.05, 0) is 70.8 Å². The number of rotatable bonds is 11. The Labute approximate surface area is 187 Å². The molecule has 6 nitrogen and oxygen atoms in total. The van der Waals surface area contributed by atoms with Crippen LogP contribution in [-0.2, 0) is 4.79 Å². The number of aldehydes is 1. The molecule has 1 heterocycles. The first-order valence-corrected chi connectivity index (χ1v) is 11.2. The number of ether oxygens (including phenoxy) is 1. The van der Waals surface area contributed by atoms with Crippen LogP contribution in [0.1, 0.15) is 49.4 Å². The summed E-state index contributed by atoms with van der Waals surface area (Å²) in [5.74, 6) is 1.37. The van der Waals surface area contributed by atoms with Gasteiger partial charge in [-0.1, -0.05) is 18.2 Å². The molecular formula is C25H39N3O3. The smallest absolute Gasteiger partial charge is 0.166 e. The number of nitrogens with one attached hydrogen (secondary N) is 1. The van der Waals surface area contributed by atoms with E-state index in [0.717, 1.165) is 51.6 Å². The molecule has 0 saturated carbocycles. The molecular weight excluding hydrogens is 390 g/mol. The molecule has 1 atom stereocenters. The summed E-state index contributed by atoms with van der Waals surface area (Å²) in [6.07, 6.45) is 7.47. The van der Waals surface area contributed by atoms with E-state index in [9.17, 15) is 9.59 Å². The number of benzene rings is 1. The Morgan fingerprint density at radius 2 is 2.10 bits per heavy atom. The first kappa shape index (κ1) is 26.7. The maximum atomic E-state index is 12.5. The van der Waals surface area contributed by atoms with Gasteiger partial charge in [0, 0.05) is 26.1 Å². The number of likely N-dealkylation sites (N-methyl/N-ethyl adjacent to an activating group) is 1. The molecule has 1 aromatic rings. The molecule has 0 aromatic heterocycles. The standard InChI is InChI=1S/C21H30N2O3.C4H9N/c1-3-22-18(16-24)15-23-13-6-7-17(12-14-23)10-11-20(25)19-8-4-5-9-21(19)26-2;1-3-4-5-2/h4-5,8-9,16-17H,3,6-7,10-15H2,1-2H3;3,5H,1,4H2,2H3. The van der Waals surface area contributed by atoms with Gasteiger partial charge in [-0.2, -0.15) is 0 Å². The number of ketones is 1. The van der Waals surface area contributed by atoms with E-state index < -0.39 is 0 Å². The van der Waals surface area contributed by atoms with E-state index in [2.05, 4.69) is 21.8 Å². The summed E-state index contributed by atoms with van der Waals surface area (Å²) in [6, 6.07) is 7.43. The third-order valence-electron chi connectivity index (χ3n) is 5.36. The fourth-order valence-corrected chi connectivity index (χ4v) is 3.72. The number of likely N-dealkylation sites (tertiary alicyclic amines) is 1. The highest BCUT2D eigenvalue weighted by Gasteiger charge is 2.20. The second-order valence-corrected chi connectivity index (χ2v) is 7.67. The molecule has 0 amide bonds. The number of nitrogens with zero attached hydrogens (tertiary/aromatic N) is 2. The Bertz CT molecular complexity index is 703.